The van der Waals surface area contributed by atoms with Gasteiger partial charge in [-0.05, 0) is 29.4 Å². The van der Waals surface area contributed by atoms with Crippen LogP contribution in [0.1, 0.15) is 28.7 Å². The van der Waals surface area contributed by atoms with Crippen molar-refractivity contribution >= 4 is 17.4 Å². The standard InChI is InChI=1S/C14H15N9O3/c1-8(9-3-5-16-6-4-9)17-19-14(24)11-10(7-25-2)23(22-18-11)13-12(15)20-26-21-13/h3-6H,7H2,1-2H3,(H2,15,20)(H,19,24). The average Bonchev–Trinajstić information content (AvgIpc) is 3.26. The lowest BCUT2D eigenvalue weighted by molar-refractivity contribution is 0.0944. The van der Waals surface area contributed by atoms with E-state index >= 15 is 0 Å². The van der Waals surface area contributed by atoms with Gasteiger partial charge in [-0.3, -0.25) is 9.78 Å². The molecule has 0 spiro atoms. The summed E-state index contributed by atoms with van der Waals surface area (Å²) in [6, 6.07) is 3.55. The second kappa shape index (κ2) is 7.48. The Labute approximate surface area is 147 Å². The van der Waals surface area contributed by atoms with E-state index in [2.05, 4.69) is 40.8 Å². The molecule has 0 atom stereocenters. The fourth-order valence-electron chi connectivity index (χ4n) is 2.10. The van der Waals surface area contributed by atoms with Crippen LogP contribution in [0.25, 0.3) is 5.82 Å². The van der Waals surface area contributed by atoms with E-state index in [-0.39, 0.29) is 23.9 Å². The van der Waals surface area contributed by atoms with Crippen molar-refractivity contribution in [1.82, 2.24) is 35.7 Å². The molecular formula is C14H15N9O3. The van der Waals surface area contributed by atoms with Gasteiger partial charge in [-0.15, -0.1) is 5.10 Å². The number of carbonyl (C=O) groups is 1. The summed E-state index contributed by atoms with van der Waals surface area (Å²) in [5, 5.41) is 18.9. The van der Waals surface area contributed by atoms with Crippen molar-refractivity contribution in [1.29, 1.82) is 0 Å². The molecule has 0 aromatic carbocycles. The lowest BCUT2D eigenvalue weighted by Crippen LogP contribution is -2.22. The van der Waals surface area contributed by atoms with Crippen LogP contribution in [0.15, 0.2) is 34.3 Å². The van der Waals surface area contributed by atoms with Crippen molar-refractivity contribution < 1.29 is 14.2 Å². The number of pyridine rings is 1. The largest absolute Gasteiger partial charge is 0.378 e. The second-order valence-corrected chi connectivity index (χ2v) is 5.08. The zero-order valence-electron chi connectivity index (χ0n) is 13.9. The molecule has 1 amide bonds. The number of aromatic nitrogens is 6. The minimum atomic E-state index is -0.563. The highest BCUT2D eigenvalue weighted by Gasteiger charge is 2.23. The molecule has 0 radical (unpaired) electrons. The number of ether oxygens (including phenoxy) is 1. The molecule has 26 heavy (non-hydrogen) atoms. The highest BCUT2D eigenvalue weighted by atomic mass is 16.6. The number of hydrogen-bond acceptors (Lipinski definition) is 10. The molecule has 3 aromatic heterocycles. The summed E-state index contributed by atoms with van der Waals surface area (Å²) in [5.41, 5.74) is 9.86. The van der Waals surface area contributed by atoms with E-state index in [1.165, 1.54) is 11.8 Å². The number of hydrogen-bond donors (Lipinski definition) is 2. The van der Waals surface area contributed by atoms with Gasteiger partial charge in [0.25, 0.3) is 5.91 Å². The quantitative estimate of drug-likeness (QED) is 0.454. The maximum absolute atomic E-state index is 12.5. The van der Waals surface area contributed by atoms with Crippen molar-refractivity contribution in [3.05, 3.63) is 41.5 Å². The third kappa shape index (κ3) is 3.39. The SMILES string of the molecule is COCc1c(C(=O)NN=C(C)c2ccncc2)nnn1-c1nonc1N. The number of methoxy groups -OCH3 is 1. The molecule has 0 saturated heterocycles. The normalized spacial score (nSPS) is 11.5. The Balaban J connectivity index is 1.86. The first-order chi connectivity index (χ1) is 12.6. The van der Waals surface area contributed by atoms with E-state index in [9.17, 15) is 4.79 Å². The zero-order valence-corrected chi connectivity index (χ0v) is 13.9. The molecule has 3 aromatic rings. The van der Waals surface area contributed by atoms with Gasteiger partial charge in [0.05, 0.1) is 12.3 Å². The van der Waals surface area contributed by atoms with Crippen LogP contribution in [0, 0.1) is 0 Å². The number of nitrogens with zero attached hydrogens (tertiary/aromatic N) is 7. The van der Waals surface area contributed by atoms with E-state index in [0.717, 1.165) is 5.56 Å². The van der Waals surface area contributed by atoms with E-state index in [1.807, 2.05) is 0 Å². The summed E-state index contributed by atoms with van der Waals surface area (Å²) in [6.07, 6.45) is 3.27. The topological polar surface area (TPSA) is 159 Å². The van der Waals surface area contributed by atoms with Crippen LogP contribution in [-0.2, 0) is 11.3 Å². The maximum Gasteiger partial charge on any atom is 0.293 e. The van der Waals surface area contributed by atoms with Gasteiger partial charge in [-0.2, -0.15) is 9.78 Å². The van der Waals surface area contributed by atoms with Gasteiger partial charge in [0.2, 0.25) is 11.6 Å². The molecule has 12 nitrogen and oxygen atoms in total. The fraction of sp³-hybridized carbons (Fsp3) is 0.214. The van der Waals surface area contributed by atoms with Gasteiger partial charge >= 0.3 is 0 Å². The number of amides is 1. The molecule has 0 fully saturated rings. The van der Waals surface area contributed by atoms with E-state index in [1.54, 1.807) is 31.5 Å². The van der Waals surface area contributed by atoms with E-state index in [0.29, 0.717) is 11.4 Å². The summed E-state index contributed by atoms with van der Waals surface area (Å²) in [5.74, 6) is -0.447. The minimum absolute atomic E-state index is 0.00534. The Morgan fingerprint density at radius 1 is 1.38 bits per heavy atom. The second-order valence-electron chi connectivity index (χ2n) is 5.08. The monoisotopic (exact) mass is 357 g/mol. The summed E-state index contributed by atoms with van der Waals surface area (Å²) in [4.78, 5) is 16.4. The molecule has 0 aliphatic heterocycles. The Hall–Kier alpha value is -3.67. The van der Waals surface area contributed by atoms with Crippen molar-refractivity contribution in [3.8, 4) is 5.82 Å². The Morgan fingerprint density at radius 2 is 2.15 bits per heavy atom. The molecule has 134 valence electrons. The molecule has 3 heterocycles. The van der Waals surface area contributed by atoms with Gasteiger partial charge in [0.1, 0.15) is 5.69 Å². The molecule has 0 bridgehead atoms. The third-order valence-corrected chi connectivity index (χ3v) is 3.38. The van der Waals surface area contributed by atoms with Gasteiger partial charge in [0, 0.05) is 25.1 Å². The molecule has 0 saturated carbocycles. The molecule has 12 heteroatoms. The summed E-state index contributed by atoms with van der Waals surface area (Å²) in [6.45, 7) is 1.79. The Morgan fingerprint density at radius 3 is 2.81 bits per heavy atom. The number of anilines is 1. The summed E-state index contributed by atoms with van der Waals surface area (Å²) in [7, 11) is 1.47. The Bertz CT molecular complexity index is 932. The number of nitrogens with one attached hydrogen (secondary N) is 1. The lowest BCUT2D eigenvalue weighted by atomic mass is 10.2. The lowest BCUT2D eigenvalue weighted by Gasteiger charge is -2.04. The van der Waals surface area contributed by atoms with Crippen molar-refractivity contribution in [2.75, 3.05) is 12.8 Å². The first-order valence-corrected chi connectivity index (χ1v) is 7.38. The van der Waals surface area contributed by atoms with Crippen LogP contribution >= 0.6 is 0 Å². The van der Waals surface area contributed by atoms with Crippen LogP contribution in [-0.4, -0.2) is 49.0 Å². The van der Waals surface area contributed by atoms with Crippen LogP contribution in [0.4, 0.5) is 5.82 Å². The van der Waals surface area contributed by atoms with Gasteiger partial charge < -0.3 is 10.5 Å². The summed E-state index contributed by atoms with van der Waals surface area (Å²) >= 11 is 0. The maximum atomic E-state index is 12.5. The number of hydrazone groups is 1. The van der Waals surface area contributed by atoms with Crippen LogP contribution in [0.2, 0.25) is 0 Å². The van der Waals surface area contributed by atoms with Crippen LogP contribution in [0.3, 0.4) is 0 Å². The number of rotatable bonds is 6. The first kappa shape index (κ1) is 17.2. The molecule has 0 aliphatic rings. The van der Waals surface area contributed by atoms with Gasteiger partial charge in [-0.1, -0.05) is 5.21 Å². The fourth-order valence-corrected chi connectivity index (χ4v) is 2.10. The van der Waals surface area contributed by atoms with Crippen molar-refractivity contribution in [2.24, 2.45) is 5.10 Å². The predicted molar refractivity (Wildman–Crippen MR) is 88.3 cm³/mol. The van der Waals surface area contributed by atoms with Crippen molar-refractivity contribution in [3.63, 3.8) is 0 Å². The highest BCUT2D eigenvalue weighted by Crippen LogP contribution is 2.16. The number of nitrogens with two attached hydrogens (primary N) is 1. The van der Waals surface area contributed by atoms with Gasteiger partial charge in [-0.25, -0.2) is 10.1 Å². The number of nitrogen functional groups attached to an aromatic ring is 1. The zero-order chi connectivity index (χ0) is 18.5. The highest BCUT2D eigenvalue weighted by molar-refractivity contribution is 6.00. The van der Waals surface area contributed by atoms with Crippen molar-refractivity contribution in [2.45, 2.75) is 13.5 Å². The molecule has 0 unspecified atom stereocenters. The van der Waals surface area contributed by atoms with Crippen LogP contribution < -0.4 is 11.2 Å². The number of carbonyl (C=O) groups excluding carboxylic acids is 1. The average molecular weight is 357 g/mol. The van der Waals surface area contributed by atoms with E-state index < -0.39 is 5.91 Å². The first-order valence-electron chi connectivity index (χ1n) is 7.38. The summed E-state index contributed by atoms with van der Waals surface area (Å²) < 4.78 is 10.9. The van der Waals surface area contributed by atoms with Gasteiger partial charge in [0.15, 0.2) is 5.69 Å². The molecule has 3 rings (SSSR count). The predicted octanol–water partition coefficient (Wildman–Crippen LogP) is -0.0721. The molecule has 0 aliphatic carbocycles. The smallest absolute Gasteiger partial charge is 0.293 e. The molecule has 3 N–H and O–H groups in total. The third-order valence-electron chi connectivity index (χ3n) is 3.38. The Kier molecular flexibility index (Phi) is 4.94. The minimum Gasteiger partial charge on any atom is -0.378 e. The molecular weight excluding hydrogens is 342 g/mol. The van der Waals surface area contributed by atoms with Crippen LogP contribution in [0.5, 0.6) is 0 Å². The van der Waals surface area contributed by atoms with E-state index in [4.69, 9.17) is 10.5 Å².